The Morgan fingerprint density at radius 3 is 2.76 bits per heavy atom. The van der Waals surface area contributed by atoms with Gasteiger partial charge in [0.05, 0.1) is 5.69 Å². The Balaban J connectivity index is 1.61. The molecule has 1 amide bonds. The Morgan fingerprint density at radius 2 is 1.93 bits per heavy atom. The number of fused-ring (bicyclic) bond motifs is 1. The Kier molecular flexibility index (Phi) is 5.24. The van der Waals surface area contributed by atoms with Crippen molar-refractivity contribution in [3.8, 4) is 11.4 Å². The zero-order valence-corrected chi connectivity index (χ0v) is 16.4. The summed E-state index contributed by atoms with van der Waals surface area (Å²) < 4.78 is 7.83. The molecule has 0 atom stereocenters. The molecule has 0 spiro atoms. The van der Waals surface area contributed by atoms with Crippen molar-refractivity contribution < 1.29 is 9.21 Å². The first-order valence-electron chi connectivity index (χ1n) is 9.68. The number of aryl methyl sites for hydroxylation is 2. The fraction of sp³-hybridized carbons (Fsp3) is 0.174. The molecule has 0 bridgehead atoms. The van der Waals surface area contributed by atoms with E-state index in [0.717, 1.165) is 46.6 Å². The monoisotopic (exact) mass is 386 g/mol. The highest BCUT2D eigenvalue weighted by molar-refractivity contribution is 6.05. The number of anilines is 1. The lowest BCUT2D eigenvalue weighted by molar-refractivity contribution is -0.111. The Hall–Kier alpha value is -3.67. The van der Waals surface area contributed by atoms with Crippen LogP contribution < -0.4 is 5.32 Å². The number of carbonyl (C=O) groups excluding carboxylic acids is 1. The van der Waals surface area contributed by atoms with Gasteiger partial charge in [-0.15, -0.1) is 10.2 Å². The lowest BCUT2D eigenvalue weighted by Gasteiger charge is -2.10. The van der Waals surface area contributed by atoms with Crippen LogP contribution in [0.5, 0.6) is 0 Å². The minimum Gasteiger partial charge on any atom is -0.460 e. The summed E-state index contributed by atoms with van der Waals surface area (Å²) >= 11 is 0. The van der Waals surface area contributed by atoms with Crippen molar-refractivity contribution in [1.29, 1.82) is 0 Å². The van der Waals surface area contributed by atoms with Gasteiger partial charge in [-0.2, -0.15) is 0 Å². The summed E-state index contributed by atoms with van der Waals surface area (Å²) in [6.45, 7) is 4.81. The second kappa shape index (κ2) is 8.14. The van der Waals surface area contributed by atoms with Crippen molar-refractivity contribution >= 4 is 28.6 Å². The highest BCUT2D eigenvalue weighted by Gasteiger charge is 2.13. The summed E-state index contributed by atoms with van der Waals surface area (Å²) in [6, 6.07) is 15.4. The van der Waals surface area contributed by atoms with Crippen molar-refractivity contribution in [3.63, 3.8) is 0 Å². The van der Waals surface area contributed by atoms with Gasteiger partial charge in [0.25, 0.3) is 0 Å². The number of hydrogen-bond donors (Lipinski definition) is 1. The standard InChI is InChI=1S/C23H22N4O2/c1-3-20-17(16-9-6-8-12-21(16)29-20)13-14-22(28)25-19-11-7-5-10-18(19)23-26-24-15-27(23)4-2/h5-15H,3-4H2,1-2H3,(H,25,28). The summed E-state index contributed by atoms with van der Waals surface area (Å²) in [7, 11) is 0. The van der Waals surface area contributed by atoms with Crippen LogP contribution in [-0.4, -0.2) is 20.7 Å². The molecule has 0 saturated heterocycles. The fourth-order valence-corrected chi connectivity index (χ4v) is 3.38. The van der Waals surface area contributed by atoms with Gasteiger partial charge < -0.3 is 14.3 Å². The molecule has 2 aromatic heterocycles. The van der Waals surface area contributed by atoms with Gasteiger partial charge in [0, 0.05) is 35.6 Å². The van der Waals surface area contributed by atoms with Crippen LogP contribution >= 0.6 is 0 Å². The predicted molar refractivity (Wildman–Crippen MR) is 114 cm³/mol. The molecule has 0 unspecified atom stereocenters. The molecule has 1 N–H and O–H groups in total. The van der Waals surface area contributed by atoms with E-state index in [1.54, 1.807) is 6.33 Å². The van der Waals surface area contributed by atoms with Gasteiger partial charge in [0.15, 0.2) is 5.82 Å². The Bertz CT molecular complexity index is 1190. The van der Waals surface area contributed by atoms with Gasteiger partial charge in [-0.05, 0) is 31.2 Å². The van der Waals surface area contributed by atoms with E-state index in [-0.39, 0.29) is 5.91 Å². The number of nitrogens with one attached hydrogen (secondary N) is 1. The quantitative estimate of drug-likeness (QED) is 0.477. The first kappa shape index (κ1) is 18.7. The highest BCUT2D eigenvalue weighted by Crippen LogP contribution is 2.28. The van der Waals surface area contributed by atoms with Crippen molar-refractivity contribution in [1.82, 2.24) is 14.8 Å². The van der Waals surface area contributed by atoms with E-state index in [1.807, 2.05) is 73.0 Å². The SMILES string of the molecule is CCc1oc2ccccc2c1C=CC(=O)Nc1ccccc1-c1nncn1CC. The number of para-hydroxylation sites is 2. The number of hydrogen-bond acceptors (Lipinski definition) is 4. The summed E-state index contributed by atoms with van der Waals surface area (Å²) in [4.78, 5) is 12.6. The molecule has 0 aliphatic rings. The first-order chi connectivity index (χ1) is 14.2. The molecule has 4 rings (SSSR count). The summed E-state index contributed by atoms with van der Waals surface area (Å²) in [5.41, 5.74) is 3.29. The molecule has 0 aliphatic carbocycles. The third kappa shape index (κ3) is 3.69. The van der Waals surface area contributed by atoms with E-state index in [0.29, 0.717) is 5.69 Å². The molecule has 2 aromatic carbocycles. The summed E-state index contributed by atoms with van der Waals surface area (Å²) in [5, 5.41) is 12.1. The number of amides is 1. The van der Waals surface area contributed by atoms with Crippen LogP contribution in [0.2, 0.25) is 0 Å². The zero-order valence-electron chi connectivity index (χ0n) is 16.4. The molecule has 0 radical (unpaired) electrons. The van der Waals surface area contributed by atoms with E-state index in [2.05, 4.69) is 15.5 Å². The molecule has 6 heteroatoms. The fourth-order valence-electron chi connectivity index (χ4n) is 3.38. The second-order valence-corrected chi connectivity index (χ2v) is 6.60. The van der Waals surface area contributed by atoms with E-state index >= 15 is 0 Å². The molecule has 6 nitrogen and oxygen atoms in total. The van der Waals surface area contributed by atoms with Crippen LogP contribution in [-0.2, 0) is 17.8 Å². The van der Waals surface area contributed by atoms with Gasteiger partial charge in [0.2, 0.25) is 5.91 Å². The Labute approximate surface area is 168 Å². The van der Waals surface area contributed by atoms with Crippen LogP contribution in [0.15, 0.2) is 65.4 Å². The molecule has 0 fully saturated rings. The van der Waals surface area contributed by atoms with Gasteiger partial charge >= 0.3 is 0 Å². The van der Waals surface area contributed by atoms with E-state index < -0.39 is 0 Å². The number of furan rings is 1. The van der Waals surface area contributed by atoms with Crippen LogP contribution in [0.3, 0.4) is 0 Å². The van der Waals surface area contributed by atoms with Crippen molar-refractivity contribution in [2.45, 2.75) is 26.8 Å². The third-order valence-electron chi connectivity index (χ3n) is 4.82. The first-order valence-corrected chi connectivity index (χ1v) is 9.68. The van der Waals surface area contributed by atoms with E-state index in [4.69, 9.17) is 4.42 Å². The lowest BCUT2D eigenvalue weighted by atomic mass is 10.1. The maximum atomic E-state index is 12.6. The minimum atomic E-state index is -0.215. The smallest absolute Gasteiger partial charge is 0.248 e. The van der Waals surface area contributed by atoms with Gasteiger partial charge in [0.1, 0.15) is 17.7 Å². The Morgan fingerprint density at radius 1 is 1.14 bits per heavy atom. The van der Waals surface area contributed by atoms with Gasteiger partial charge in [-0.3, -0.25) is 4.79 Å². The van der Waals surface area contributed by atoms with Crippen LogP contribution in [0.25, 0.3) is 28.4 Å². The lowest BCUT2D eigenvalue weighted by Crippen LogP contribution is -2.09. The van der Waals surface area contributed by atoms with Crippen molar-refractivity contribution in [2.75, 3.05) is 5.32 Å². The minimum absolute atomic E-state index is 0.215. The maximum absolute atomic E-state index is 12.6. The molecule has 29 heavy (non-hydrogen) atoms. The second-order valence-electron chi connectivity index (χ2n) is 6.60. The molecule has 146 valence electrons. The molecule has 0 saturated carbocycles. The van der Waals surface area contributed by atoms with Crippen molar-refractivity contribution in [2.24, 2.45) is 0 Å². The van der Waals surface area contributed by atoms with Gasteiger partial charge in [-0.1, -0.05) is 37.3 Å². The van der Waals surface area contributed by atoms with Crippen LogP contribution in [0.1, 0.15) is 25.2 Å². The zero-order chi connectivity index (χ0) is 20.2. The average molecular weight is 386 g/mol. The van der Waals surface area contributed by atoms with E-state index in [1.165, 1.54) is 6.08 Å². The number of aromatic nitrogens is 3. The molecular weight excluding hydrogens is 364 g/mol. The number of rotatable bonds is 6. The predicted octanol–water partition coefficient (Wildman–Crippen LogP) is 4.93. The molecule has 4 aromatic rings. The molecular formula is C23H22N4O2. The maximum Gasteiger partial charge on any atom is 0.248 e. The molecule has 2 heterocycles. The van der Waals surface area contributed by atoms with Crippen LogP contribution in [0.4, 0.5) is 5.69 Å². The summed E-state index contributed by atoms with van der Waals surface area (Å²) in [5.74, 6) is 1.38. The van der Waals surface area contributed by atoms with E-state index in [9.17, 15) is 4.79 Å². The number of carbonyl (C=O) groups is 1. The molecule has 0 aliphatic heterocycles. The largest absolute Gasteiger partial charge is 0.460 e. The van der Waals surface area contributed by atoms with Crippen molar-refractivity contribution in [3.05, 3.63) is 72.3 Å². The highest BCUT2D eigenvalue weighted by atomic mass is 16.3. The number of benzene rings is 2. The van der Waals surface area contributed by atoms with Crippen LogP contribution in [0, 0.1) is 0 Å². The van der Waals surface area contributed by atoms with Gasteiger partial charge in [-0.25, -0.2) is 0 Å². The number of nitrogens with zero attached hydrogens (tertiary/aromatic N) is 3. The average Bonchev–Trinajstić information content (AvgIpc) is 3.36. The third-order valence-corrected chi connectivity index (χ3v) is 4.82. The topological polar surface area (TPSA) is 73.0 Å². The normalized spacial score (nSPS) is 11.4. The summed E-state index contributed by atoms with van der Waals surface area (Å²) in [6.07, 6.45) is 5.80.